The van der Waals surface area contributed by atoms with Crippen molar-refractivity contribution in [2.24, 2.45) is 23.0 Å². The molecule has 3 aliphatic rings. The number of nitrogens with one attached hydrogen (secondary N) is 2. The van der Waals surface area contributed by atoms with Gasteiger partial charge in [-0.05, 0) is 43.6 Å². The van der Waals surface area contributed by atoms with E-state index in [4.69, 9.17) is 10.5 Å². The molecule has 2 saturated heterocycles. The lowest BCUT2D eigenvalue weighted by Crippen LogP contribution is -2.59. The summed E-state index contributed by atoms with van der Waals surface area (Å²) in [6, 6.07) is 8.51. The first-order valence-corrected chi connectivity index (χ1v) is 13.7. The molecule has 4 N–H and O–H groups in total. The van der Waals surface area contributed by atoms with Crippen LogP contribution in [0.2, 0.25) is 0 Å². The van der Waals surface area contributed by atoms with Gasteiger partial charge in [0.05, 0.1) is 11.5 Å². The molecule has 3 aliphatic heterocycles. The fourth-order valence-electron chi connectivity index (χ4n) is 5.68. The number of allylic oxidation sites excluding steroid dienone is 2. The molecule has 0 radical (unpaired) electrons. The second-order valence-electron chi connectivity index (χ2n) is 11.2. The number of ether oxygens (including phenoxy) is 1. The first-order valence-electron chi connectivity index (χ1n) is 13.7. The summed E-state index contributed by atoms with van der Waals surface area (Å²) in [6.45, 7) is 6.11. The molecule has 1 aromatic rings. The average Bonchev–Trinajstić information content (AvgIpc) is 2.91. The van der Waals surface area contributed by atoms with Gasteiger partial charge in [-0.2, -0.15) is 0 Å². The lowest BCUT2D eigenvalue weighted by Gasteiger charge is -2.41. The summed E-state index contributed by atoms with van der Waals surface area (Å²) >= 11 is 0. The molecule has 2 fully saturated rings. The summed E-state index contributed by atoms with van der Waals surface area (Å²) in [6.07, 6.45) is 7.91. The van der Waals surface area contributed by atoms with Crippen LogP contribution in [0.25, 0.3) is 0 Å². The summed E-state index contributed by atoms with van der Waals surface area (Å²) in [5.41, 5.74) is 6.59. The fraction of sp³-hybridized carbons (Fsp3) is 0.621. The molecule has 8 nitrogen and oxygen atoms in total. The minimum Gasteiger partial charge on any atom is -0.381 e. The van der Waals surface area contributed by atoms with E-state index in [9.17, 15) is 14.4 Å². The van der Waals surface area contributed by atoms with Gasteiger partial charge in [0.2, 0.25) is 17.7 Å². The van der Waals surface area contributed by atoms with Crippen LogP contribution in [0.3, 0.4) is 0 Å². The van der Waals surface area contributed by atoms with Crippen LogP contribution in [0.1, 0.15) is 51.5 Å². The zero-order valence-corrected chi connectivity index (χ0v) is 22.2. The van der Waals surface area contributed by atoms with Crippen LogP contribution >= 0.6 is 0 Å². The number of hydrogen-bond donors (Lipinski definition) is 3. The predicted octanol–water partition coefficient (Wildman–Crippen LogP) is 2.18. The molecule has 0 aromatic heterocycles. The van der Waals surface area contributed by atoms with E-state index >= 15 is 0 Å². The third-order valence-corrected chi connectivity index (χ3v) is 8.33. The Kier molecular flexibility index (Phi) is 9.03. The van der Waals surface area contributed by atoms with Crippen molar-refractivity contribution in [2.45, 2.75) is 70.5 Å². The van der Waals surface area contributed by atoms with Crippen LogP contribution in [0.4, 0.5) is 0 Å². The number of likely N-dealkylation sites (tertiary alicyclic amines) is 1. The zero-order chi connectivity index (χ0) is 26.4. The Hall–Kier alpha value is -2.71. The molecule has 8 heteroatoms. The summed E-state index contributed by atoms with van der Waals surface area (Å²) < 4.78 is 5.57. The Labute approximate surface area is 220 Å². The maximum absolute atomic E-state index is 13.7. The smallest absolute Gasteiger partial charge is 0.243 e. The van der Waals surface area contributed by atoms with Gasteiger partial charge in [0, 0.05) is 44.7 Å². The van der Waals surface area contributed by atoms with Crippen molar-refractivity contribution in [3.63, 3.8) is 0 Å². The Morgan fingerprint density at radius 2 is 1.86 bits per heavy atom. The number of nitrogens with zero attached hydrogens (tertiary/aromatic N) is 1. The Bertz CT molecular complexity index is 973. The van der Waals surface area contributed by atoms with Crippen LogP contribution in [0.5, 0.6) is 0 Å². The normalized spacial score (nSPS) is 28.3. The molecule has 1 spiro atoms. The van der Waals surface area contributed by atoms with Gasteiger partial charge >= 0.3 is 0 Å². The van der Waals surface area contributed by atoms with E-state index in [1.807, 2.05) is 49.1 Å². The lowest BCUT2D eigenvalue weighted by molar-refractivity contribution is -0.140. The predicted molar refractivity (Wildman–Crippen MR) is 142 cm³/mol. The molecule has 0 unspecified atom stereocenters. The van der Waals surface area contributed by atoms with Gasteiger partial charge in [-0.25, -0.2) is 0 Å². The molecule has 0 bridgehead atoms. The standard InChI is InChI=1S/C29H42N4O4/c1-20(2)25(30)27(35)33-15-11-23-22(19-33)10-6-7-12-29(13-16-37-17-14-29)28(36)32-24(26(34)31-23)18-21-8-4-3-5-9-21/h3-9,20,22-25H,10-19,30H2,1-2H3,(H,31,34)(H,32,36)/b7-6+/t22-,23-,24+,25+/m0/s1. The number of carbonyl (C=O) groups excluding carboxylic acids is 3. The van der Waals surface area contributed by atoms with Crippen molar-refractivity contribution in [1.29, 1.82) is 0 Å². The van der Waals surface area contributed by atoms with E-state index in [0.29, 0.717) is 58.4 Å². The Morgan fingerprint density at radius 1 is 1.14 bits per heavy atom. The monoisotopic (exact) mass is 510 g/mol. The van der Waals surface area contributed by atoms with E-state index < -0.39 is 17.5 Å². The number of carbonyl (C=O) groups is 3. The van der Waals surface area contributed by atoms with E-state index in [1.54, 1.807) is 0 Å². The second kappa shape index (κ2) is 12.2. The highest BCUT2D eigenvalue weighted by Crippen LogP contribution is 2.36. The van der Waals surface area contributed by atoms with Crippen molar-refractivity contribution in [3.8, 4) is 0 Å². The van der Waals surface area contributed by atoms with Gasteiger partial charge in [-0.1, -0.05) is 56.3 Å². The quantitative estimate of drug-likeness (QED) is 0.538. The van der Waals surface area contributed by atoms with Gasteiger partial charge < -0.3 is 26.0 Å². The van der Waals surface area contributed by atoms with E-state index in [-0.39, 0.29) is 35.6 Å². The van der Waals surface area contributed by atoms with E-state index in [1.165, 1.54) is 0 Å². The van der Waals surface area contributed by atoms with Crippen molar-refractivity contribution >= 4 is 17.7 Å². The first-order chi connectivity index (χ1) is 17.8. The minimum atomic E-state index is -0.673. The average molecular weight is 511 g/mol. The van der Waals surface area contributed by atoms with Crippen molar-refractivity contribution in [3.05, 3.63) is 48.0 Å². The Balaban J connectivity index is 1.58. The van der Waals surface area contributed by atoms with Gasteiger partial charge in [-0.15, -0.1) is 0 Å². The fourth-order valence-corrected chi connectivity index (χ4v) is 5.68. The van der Waals surface area contributed by atoms with E-state index in [0.717, 1.165) is 12.0 Å². The number of fused-ring (bicyclic) bond motifs is 1. The minimum absolute atomic E-state index is 0.0229. The molecule has 202 valence electrons. The van der Waals surface area contributed by atoms with Gasteiger partial charge in [-0.3, -0.25) is 14.4 Å². The highest BCUT2D eigenvalue weighted by molar-refractivity contribution is 5.90. The zero-order valence-electron chi connectivity index (χ0n) is 22.2. The molecular formula is C29H42N4O4. The SMILES string of the molecule is CC(C)[C@@H](N)C(=O)N1CC[C@@H]2NC(=O)[C@@H](Cc3ccccc3)NC(=O)C3(C/C=C/C[C@H]2C1)CCOCC3. The first kappa shape index (κ1) is 27.3. The summed E-state index contributed by atoms with van der Waals surface area (Å²) in [7, 11) is 0. The molecule has 3 amide bonds. The lowest BCUT2D eigenvalue weighted by atomic mass is 9.75. The molecule has 0 saturated carbocycles. The van der Waals surface area contributed by atoms with Crippen LogP contribution in [-0.4, -0.2) is 67.1 Å². The van der Waals surface area contributed by atoms with Gasteiger partial charge in [0.1, 0.15) is 6.04 Å². The summed E-state index contributed by atoms with van der Waals surface area (Å²) in [5.74, 6) is -0.117. The maximum Gasteiger partial charge on any atom is 0.243 e. The van der Waals surface area contributed by atoms with Crippen molar-refractivity contribution in [2.75, 3.05) is 26.3 Å². The molecule has 4 rings (SSSR count). The number of rotatable bonds is 4. The summed E-state index contributed by atoms with van der Waals surface area (Å²) in [4.78, 5) is 42.1. The number of amides is 3. The third kappa shape index (κ3) is 6.60. The molecule has 1 aromatic carbocycles. The van der Waals surface area contributed by atoms with Crippen LogP contribution < -0.4 is 16.4 Å². The molecule has 0 aliphatic carbocycles. The number of nitrogens with two attached hydrogens (primary N) is 1. The largest absolute Gasteiger partial charge is 0.381 e. The van der Waals surface area contributed by atoms with Crippen LogP contribution in [0.15, 0.2) is 42.5 Å². The van der Waals surface area contributed by atoms with Gasteiger partial charge in [0.25, 0.3) is 0 Å². The topological polar surface area (TPSA) is 114 Å². The summed E-state index contributed by atoms with van der Waals surface area (Å²) in [5, 5.41) is 6.37. The third-order valence-electron chi connectivity index (χ3n) is 8.33. The number of piperidine rings is 1. The second-order valence-corrected chi connectivity index (χ2v) is 11.2. The van der Waals surface area contributed by atoms with Crippen LogP contribution in [0, 0.1) is 17.3 Å². The van der Waals surface area contributed by atoms with Crippen molar-refractivity contribution in [1.82, 2.24) is 15.5 Å². The Morgan fingerprint density at radius 3 is 2.57 bits per heavy atom. The highest BCUT2D eigenvalue weighted by Gasteiger charge is 2.42. The van der Waals surface area contributed by atoms with Gasteiger partial charge in [0.15, 0.2) is 0 Å². The molecule has 3 heterocycles. The maximum atomic E-state index is 13.7. The molecular weight excluding hydrogens is 468 g/mol. The molecule has 37 heavy (non-hydrogen) atoms. The highest BCUT2D eigenvalue weighted by atomic mass is 16.5. The number of benzene rings is 1. The number of hydrogen-bond acceptors (Lipinski definition) is 5. The van der Waals surface area contributed by atoms with Crippen molar-refractivity contribution < 1.29 is 19.1 Å². The van der Waals surface area contributed by atoms with Crippen LogP contribution in [-0.2, 0) is 25.5 Å². The van der Waals surface area contributed by atoms with E-state index in [2.05, 4.69) is 22.8 Å². The molecule has 4 atom stereocenters.